The van der Waals surface area contributed by atoms with Crippen LogP contribution in [0.3, 0.4) is 0 Å². The van der Waals surface area contributed by atoms with Crippen molar-refractivity contribution in [2.45, 2.75) is 6.04 Å². The molecule has 0 saturated carbocycles. The maximum atomic E-state index is 13.2. The molecule has 1 aromatic heterocycles. The zero-order valence-corrected chi connectivity index (χ0v) is 14.5. The van der Waals surface area contributed by atoms with E-state index in [1.165, 1.54) is 10.3 Å². The fraction of sp³-hybridized carbons (Fsp3) is 0.250. The predicted octanol–water partition coefficient (Wildman–Crippen LogP) is 4.03. The van der Waals surface area contributed by atoms with E-state index in [-0.39, 0.29) is 11.9 Å². The molecule has 0 spiro atoms. The monoisotopic (exact) mass is 336 g/mol. The Hall–Kier alpha value is -2.17. The Kier molecular flexibility index (Phi) is 4.08. The number of hydrogen-bond donors (Lipinski definition) is 0. The lowest BCUT2D eigenvalue weighted by atomic mass is 10.0. The van der Waals surface area contributed by atoms with Crippen molar-refractivity contribution in [1.82, 2.24) is 9.80 Å². The van der Waals surface area contributed by atoms with E-state index in [0.29, 0.717) is 0 Å². The fourth-order valence-corrected chi connectivity index (χ4v) is 4.37. The molecule has 2 heterocycles. The molecule has 0 bridgehead atoms. The molecule has 24 heavy (non-hydrogen) atoms. The van der Waals surface area contributed by atoms with Gasteiger partial charge in [0.05, 0.1) is 10.9 Å². The van der Waals surface area contributed by atoms with Crippen molar-refractivity contribution < 1.29 is 4.79 Å². The van der Waals surface area contributed by atoms with Crippen LogP contribution in [0.1, 0.15) is 21.3 Å². The van der Waals surface area contributed by atoms with E-state index in [1.54, 1.807) is 11.3 Å². The van der Waals surface area contributed by atoms with Crippen molar-refractivity contribution in [3.63, 3.8) is 0 Å². The summed E-state index contributed by atoms with van der Waals surface area (Å²) in [5.74, 6) is 0.151. The predicted molar refractivity (Wildman–Crippen MR) is 99.5 cm³/mol. The maximum absolute atomic E-state index is 13.2. The van der Waals surface area contributed by atoms with Crippen molar-refractivity contribution in [2.75, 3.05) is 26.7 Å². The van der Waals surface area contributed by atoms with Crippen molar-refractivity contribution >= 4 is 27.3 Å². The molecule has 1 unspecified atom stereocenters. The van der Waals surface area contributed by atoms with E-state index in [1.807, 2.05) is 41.3 Å². The van der Waals surface area contributed by atoms with Crippen molar-refractivity contribution in [3.8, 4) is 0 Å². The van der Waals surface area contributed by atoms with Crippen LogP contribution in [-0.4, -0.2) is 42.4 Å². The molecule has 3 aromatic rings. The number of fused-ring (bicyclic) bond motifs is 1. The standard InChI is InChI=1S/C20H20N2OS/c1-21-11-12-22(17(14-21)15-7-3-2-4-8-15)20(23)19-13-16-9-5-6-10-18(16)24-19/h2-10,13,17H,11-12,14H2,1H3. The minimum atomic E-state index is 0.114. The minimum Gasteiger partial charge on any atom is -0.328 e. The first-order chi connectivity index (χ1) is 11.7. The van der Waals surface area contributed by atoms with Gasteiger partial charge in [0, 0.05) is 24.3 Å². The second kappa shape index (κ2) is 6.38. The molecule has 0 aliphatic carbocycles. The van der Waals surface area contributed by atoms with Gasteiger partial charge in [0.2, 0.25) is 0 Å². The molecule has 1 saturated heterocycles. The summed E-state index contributed by atoms with van der Waals surface area (Å²) < 4.78 is 1.17. The van der Waals surface area contributed by atoms with Crippen molar-refractivity contribution in [1.29, 1.82) is 0 Å². The van der Waals surface area contributed by atoms with Gasteiger partial charge in [0.25, 0.3) is 5.91 Å². The molecule has 3 nitrogen and oxygen atoms in total. The topological polar surface area (TPSA) is 23.6 Å². The number of thiophene rings is 1. The molecule has 2 aromatic carbocycles. The lowest BCUT2D eigenvalue weighted by Gasteiger charge is -2.40. The molecule has 0 radical (unpaired) electrons. The van der Waals surface area contributed by atoms with Crippen LogP contribution >= 0.6 is 11.3 Å². The first kappa shape index (κ1) is 15.4. The van der Waals surface area contributed by atoms with E-state index in [0.717, 1.165) is 29.9 Å². The Labute approximate surface area is 146 Å². The number of carbonyl (C=O) groups excluding carboxylic acids is 1. The number of carbonyl (C=O) groups is 1. The summed E-state index contributed by atoms with van der Waals surface area (Å²) >= 11 is 1.59. The van der Waals surface area contributed by atoms with Gasteiger partial charge in [-0.3, -0.25) is 4.79 Å². The summed E-state index contributed by atoms with van der Waals surface area (Å²) in [7, 11) is 2.12. The number of amides is 1. The summed E-state index contributed by atoms with van der Waals surface area (Å²) in [6.07, 6.45) is 0. The number of benzene rings is 2. The van der Waals surface area contributed by atoms with E-state index in [4.69, 9.17) is 0 Å². The van der Waals surface area contributed by atoms with Gasteiger partial charge < -0.3 is 9.80 Å². The summed E-state index contributed by atoms with van der Waals surface area (Å²) in [6, 6.07) is 20.7. The van der Waals surface area contributed by atoms with Crippen molar-refractivity contribution in [3.05, 3.63) is 71.1 Å². The van der Waals surface area contributed by atoms with E-state index < -0.39 is 0 Å². The lowest BCUT2D eigenvalue weighted by Crippen LogP contribution is -2.49. The average Bonchev–Trinajstić information content (AvgIpc) is 3.06. The Bertz CT molecular complexity index is 825. The van der Waals surface area contributed by atoms with E-state index in [9.17, 15) is 4.79 Å². The quantitative estimate of drug-likeness (QED) is 0.705. The Morgan fingerprint density at radius 2 is 1.79 bits per heavy atom. The largest absolute Gasteiger partial charge is 0.328 e. The molecule has 1 atom stereocenters. The van der Waals surface area contributed by atoms with Crippen LogP contribution in [0.5, 0.6) is 0 Å². The smallest absolute Gasteiger partial charge is 0.264 e. The van der Waals surface area contributed by atoms with Crippen LogP contribution in [0.25, 0.3) is 10.1 Å². The SMILES string of the molecule is CN1CCN(C(=O)c2cc3ccccc3s2)C(c2ccccc2)C1. The van der Waals surface area contributed by atoms with Crippen LogP contribution in [0.2, 0.25) is 0 Å². The number of rotatable bonds is 2. The number of likely N-dealkylation sites (N-methyl/N-ethyl adjacent to an activating group) is 1. The molecule has 0 N–H and O–H groups in total. The molecule has 1 aliphatic heterocycles. The normalized spacial score (nSPS) is 18.9. The van der Waals surface area contributed by atoms with Gasteiger partial charge in [0.15, 0.2) is 0 Å². The molecule has 1 amide bonds. The molecule has 1 fully saturated rings. The first-order valence-corrected chi connectivity index (χ1v) is 9.07. The van der Waals surface area contributed by atoms with Crippen molar-refractivity contribution in [2.24, 2.45) is 0 Å². The third-order valence-electron chi connectivity index (χ3n) is 4.66. The molecular formula is C20H20N2OS. The molecule has 122 valence electrons. The zero-order chi connectivity index (χ0) is 16.5. The lowest BCUT2D eigenvalue weighted by molar-refractivity contribution is 0.0503. The second-order valence-electron chi connectivity index (χ2n) is 6.34. The third kappa shape index (κ3) is 2.83. The first-order valence-electron chi connectivity index (χ1n) is 8.25. The van der Waals surface area contributed by atoms with Gasteiger partial charge in [-0.15, -0.1) is 11.3 Å². The summed E-state index contributed by atoms with van der Waals surface area (Å²) in [6.45, 7) is 2.56. The molecule has 4 heteroatoms. The van der Waals surface area contributed by atoms with E-state index >= 15 is 0 Å². The van der Waals surface area contributed by atoms with Crippen LogP contribution in [0.4, 0.5) is 0 Å². The highest BCUT2D eigenvalue weighted by atomic mass is 32.1. The minimum absolute atomic E-state index is 0.114. The number of piperazine rings is 1. The second-order valence-corrected chi connectivity index (χ2v) is 7.42. The summed E-state index contributed by atoms with van der Waals surface area (Å²) in [5, 5.41) is 1.15. The van der Waals surface area contributed by atoms with Gasteiger partial charge in [-0.25, -0.2) is 0 Å². The highest BCUT2D eigenvalue weighted by Gasteiger charge is 2.31. The summed E-state index contributed by atoms with van der Waals surface area (Å²) in [4.78, 5) is 18.4. The van der Waals surface area contributed by atoms with Crippen LogP contribution in [0.15, 0.2) is 60.7 Å². The average molecular weight is 336 g/mol. The highest BCUT2D eigenvalue weighted by molar-refractivity contribution is 7.20. The molecule has 1 aliphatic rings. The Morgan fingerprint density at radius 1 is 1.04 bits per heavy atom. The van der Waals surface area contributed by atoms with Gasteiger partial charge in [-0.2, -0.15) is 0 Å². The Balaban J connectivity index is 1.68. The number of hydrogen-bond acceptors (Lipinski definition) is 3. The van der Waals surface area contributed by atoms with Gasteiger partial charge in [-0.1, -0.05) is 48.5 Å². The molecule has 4 rings (SSSR count). The zero-order valence-electron chi connectivity index (χ0n) is 13.7. The maximum Gasteiger partial charge on any atom is 0.264 e. The van der Waals surface area contributed by atoms with Gasteiger partial charge in [0.1, 0.15) is 0 Å². The van der Waals surface area contributed by atoms with Crippen LogP contribution in [-0.2, 0) is 0 Å². The number of nitrogens with zero attached hydrogens (tertiary/aromatic N) is 2. The summed E-state index contributed by atoms with van der Waals surface area (Å²) in [5.41, 5.74) is 1.21. The highest BCUT2D eigenvalue weighted by Crippen LogP contribution is 2.31. The van der Waals surface area contributed by atoms with Gasteiger partial charge in [-0.05, 0) is 30.1 Å². The Morgan fingerprint density at radius 3 is 2.58 bits per heavy atom. The molecular weight excluding hydrogens is 316 g/mol. The van der Waals surface area contributed by atoms with Crippen LogP contribution < -0.4 is 0 Å². The fourth-order valence-electron chi connectivity index (χ4n) is 3.35. The van der Waals surface area contributed by atoms with Crippen LogP contribution in [0, 0.1) is 0 Å². The van der Waals surface area contributed by atoms with E-state index in [2.05, 4.69) is 36.2 Å². The third-order valence-corrected chi connectivity index (χ3v) is 5.77. The van der Waals surface area contributed by atoms with Gasteiger partial charge >= 0.3 is 0 Å².